The number of piperazine rings is 1. The maximum absolute atomic E-state index is 13.1. The summed E-state index contributed by atoms with van der Waals surface area (Å²) in [6.45, 7) is 8.75. The van der Waals surface area contributed by atoms with Crippen LogP contribution in [0.1, 0.15) is 25.0 Å². The van der Waals surface area contributed by atoms with E-state index in [1.165, 1.54) is 11.4 Å². The Hall–Kier alpha value is -1.80. The van der Waals surface area contributed by atoms with Crippen LogP contribution in [-0.2, 0) is 10.0 Å². The fraction of sp³-hybridized carbons (Fsp3) is 0.588. The second-order valence-electron chi connectivity index (χ2n) is 6.61. The summed E-state index contributed by atoms with van der Waals surface area (Å²) < 4.78 is 32.9. The van der Waals surface area contributed by atoms with Gasteiger partial charge in [-0.2, -0.15) is 4.31 Å². The monoisotopic (exact) mass is 369 g/mol. The molecule has 1 fully saturated rings. The van der Waals surface area contributed by atoms with Gasteiger partial charge in [0, 0.05) is 32.2 Å². The molecule has 0 spiro atoms. The van der Waals surface area contributed by atoms with Crippen molar-refractivity contribution >= 4 is 16.1 Å². The Bertz CT molecular complexity index is 739. The molecular formula is C17H27N3O4S. The molecule has 1 aliphatic heterocycles. The highest BCUT2D eigenvalue weighted by Gasteiger charge is 2.32. The quantitative estimate of drug-likeness (QED) is 0.877. The maximum atomic E-state index is 13.1. The van der Waals surface area contributed by atoms with Gasteiger partial charge in [-0.25, -0.2) is 13.2 Å². The highest BCUT2D eigenvalue weighted by molar-refractivity contribution is 7.89. The van der Waals surface area contributed by atoms with Gasteiger partial charge in [0.25, 0.3) is 0 Å². The molecule has 7 nitrogen and oxygen atoms in total. The predicted octanol–water partition coefficient (Wildman–Crippen LogP) is 1.74. The number of hydrogen-bond donors (Lipinski definition) is 1. The first-order valence-corrected chi connectivity index (χ1v) is 9.81. The Kier molecular flexibility index (Phi) is 5.95. The lowest BCUT2D eigenvalue weighted by atomic mass is 10.1. The lowest BCUT2D eigenvalue weighted by Crippen LogP contribution is -2.54. The first kappa shape index (κ1) is 19.5. The van der Waals surface area contributed by atoms with Crippen LogP contribution in [0.15, 0.2) is 17.0 Å². The fourth-order valence-electron chi connectivity index (χ4n) is 2.98. The van der Waals surface area contributed by atoms with Gasteiger partial charge in [0.2, 0.25) is 10.0 Å². The Morgan fingerprint density at radius 2 is 1.76 bits per heavy atom. The summed E-state index contributed by atoms with van der Waals surface area (Å²) in [6.07, 6.45) is 0. The lowest BCUT2D eigenvalue weighted by Gasteiger charge is -2.34. The predicted molar refractivity (Wildman–Crippen MR) is 96.5 cm³/mol. The van der Waals surface area contributed by atoms with Crippen LogP contribution in [0, 0.1) is 13.8 Å². The van der Waals surface area contributed by atoms with Gasteiger partial charge in [0.1, 0.15) is 10.6 Å². The summed E-state index contributed by atoms with van der Waals surface area (Å²) in [6, 6.07) is 3.43. The van der Waals surface area contributed by atoms with Crippen molar-refractivity contribution < 1.29 is 17.9 Å². The van der Waals surface area contributed by atoms with Crippen molar-refractivity contribution in [2.75, 3.05) is 33.3 Å². The summed E-state index contributed by atoms with van der Waals surface area (Å²) in [7, 11) is -2.19. The minimum Gasteiger partial charge on any atom is -0.495 e. The number of amides is 2. The molecule has 1 heterocycles. The molecule has 1 aromatic carbocycles. The van der Waals surface area contributed by atoms with Gasteiger partial charge < -0.3 is 15.0 Å². The molecule has 1 aliphatic rings. The molecule has 1 aromatic rings. The standard InChI is InChI=1S/C17H27N3O4S/c1-12(2)18-17(21)19-6-8-20(9-7-19)25(22,23)15-11-13(3)10-14(4)16(15)24-5/h10-12H,6-9H2,1-5H3,(H,18,21). The van der Waals surface area contributed by atoms with E-state index in [1.807, 2.05) is 33.8 Å². The largest absolute Gasteiger partial charge is 0.495 e. The van der Waals surface area contributed by atoms with E-state index in [1.54, 1.807) is 11.0 Å². The summed E-state index contributed by atoms with van der Waals surface area (Å²) >= 11 is 0. The summed E-state index contributed by atoms with van der Waals surface area (Å²) in [5.41, 5.74) is 1.66. The van der Waals surface area contributed by atoms with Gasteiger partial charge in [-0.05, 0) is 44.9 Å². The molecule has 1 saturated heterocycles. The van der Waals surface area contributed by atoms with E-state index in [0.717, 1.165) is 11.1 Å². The van der Waals surface area contributed by atoms with Crippen LogP contribution in [0.3, 0.4) is 0 Å². The van der Waals surface area contributed by atoms with Crippen LogP contribution in [-0.4, -0.2) is 63.0 Å². The van der Waals surface area contributed by atoms with Crippen LogP contribution in [0.25, 0.3) is 0 Å². The third kappa shape index (κ3) is 4.24. The second-order valence-corrected chi connectivity index (χ2v) is 8.51. The van der Waals surface area contributed by atoms with E-state index in [0.29, 0.717) is 18.8 Å². The smallest absolute Gasteiger partial charge is 0.317 e. The van der Waals surface area contributed by atoms with E-state index >= 15 is 0 Å². The summed E-state index contributed by atoms with van der Waals surface area (Å²) in [5, 5.41) is 2.83. The van der Waals surface area contributed by atoms with Crippen LogP contribution in [0.4, 0.5) is 4.79 Å². The normalized spacial score (nSPS) is 16.2. The van der Waals surface area contributed by atoms with Crippen molar-refractivity contribution in [2.24, 2.45) is 0 Å². The molecule has 0 radical (unpaired) electrons. The third-order valence-electron chi connectivity index (χ3n) is 4.14. The number of urea groups is 1. The number of ether oxygens (including phenoxy) is 1. The Morgan fingerprint density at radius 3 is 2.28 bits per heavy atom. The average molecular weight is 369 g/mol. The van der Waals surface area contributed by atoms with E-state index in [2.05, 4.69) is 5.32 Å². The molecule has 0 aromatic heterocycles. The third-order valence-corrected chi connectivity index (χ3v) is 6.05. The Morgan fingerprint density at radius 1 is 1.16 bits per heavy atom. The zero-order valence-corrected chi connectivity index (χ0v) is 16.3. The van der Waals surface area contributed by atoms with Crippen LogP contribution in [0.5, 0.6) is 5.75 Å². The van der Waals surface area contributed by atoms with Crippen molar-refractivity contribution in [1.82, 2.24) is 14.5 Å². The number of hydrogen-bond acceptors (Lipinski definition) is 4. The molecule has 0 saturated carbocycles. The van der Waals surface area contributed by atoms with E-state index in [4.69, 9.17) is 4.74 Å². The molecule has 0 atom stereocenters. The van der Waals surface area contributed by atoms with Crippen LogP contribution < -0.4 is 10.1 Å². The number of nitrogens with zero attached hydrogens (tertiary/aromatic N) is 2. The molecule has 0 unspecified atom stereocenters. The molecule has 0 aliphatic carbocycles. The molecule has 0 bridgehead atoms. The molecular weight excluding hydrogens is 342 g/mol. The second kappa shape index (κ2) is 7.61. The molecule has 8 heteroatoms. The van der Waals surface area contributed by atoms with Crippen molar-refractivity contribution in [2.45, 2.75) is 38.6 Å². The Labute approximate surface area is 150 Å². The maximum Gasteiger partial charge on any atom is 0.317 e. The van der Waals surface area contributed by atoms with Crippen LogP contribution >= 0.6 is 0 Å². The van der Waals surface area contributed by atoms with Gasteiger partial charge in [0.15, 0.2) is 0 Å². The fourth-order valence-corrected chi connectivity index (χ4v) is 4.71. The zero-order valence-electron chi connectivity index (χ0n) is 15.5. The van der Waals surface area contributed by atoms with E-state index in [9.17, 15) is 13.2 Å². The SMILES string of the molecule is COc1c(C)cc(C)cc1S(=O)(=O)N1CCN(C(=O)NC(C)C)CC1. The van der Waals surface area contributed by atoms with E-state index < -0.39 is 10.0 Å². The number of sulfonamides is 1. The summed E-state index contributed by atoms with van der Waals surface area (Å²) in [4.78, 5) is 13.9. The minimum atomic E-state index is -3.67. The highest BCUT2D eigenvalue weighted by Crippen LogP contribution is 2.31. The van der Waals surface area contributed by atoms with Gasteiger partial charge in [-0.3, -0.25) is 0 Å². The number of benzene rings is 1. The van der Waals surface area contributed by atoms with Crippen molar-refractivity contribution in [3.05, 3.63) is 23.3 Å². The van der Waals surface area contributed by atoms with Crippen molar-refractivity contribution in [3.8, 4) is 5.75 Å². The Balaban J connectivity index is 2.19. The number of carbonyl (C=O) groups is 1. The molecule has 140 valence electrons. The molecule has 1 N–H and O–H groups in total. The molecule has 2 rings (SSSR count). The van der Waals surface area contributed by atoms with Crippen molar-refractivity contribution in [3.63, 3.8) is 0 Å². The van der Waals surface area contributed by atoms with Gasteiger partial charge >= 0.3 is 6.03 Å². The first-order valence-electron chi connectivity index (χ1n) is 8.37. The first-order chi connectivity index (χ1) is 11.7. The minimum absolute atomic E-state index is 0.0498. The van der Waals surface area contributed by atoms with Crippen LogP contribution in [0.2, 0.25) is 0 Å². The zero-order chi connectivity index (χ0) is 18.8. The lowest BCUT2D eigenvalue weighted by molar-refractivity contribution is 0.170. The van der Waals surface area contributed by atoms with Gasteiger partial charge in [-0.1, -0.05) is 6.07 Å². The number of methoxy groups -OCH3 is 1. The highest BCUT2D eigenvalue weighted by atomic mass is 32.2. The number of aryl methyl sites for hydroxylation is 2. The number of carbonyl (C=O) groups excluding carboxylic acids is 1. The van der Waals surface area contributed by atoms with Gasteiger partial charge in [-0.15, -0.1) is 0 Å². The van der Waals surface area contributed by atoms with E-state index in [-0.39, 0.29) is 30.1 Å². The number of nitrogens with one attached hydrogen (secondary N) is 1. The average Bonchev–Trinajstić information content (AvgIpc) is 2.53. The topological polar surface area (TPSA) is 79.0 Å². The van der Waals surface area contributed by atoms with Crippen molar-refractivity contribution in [1.29, 1.82) is 0 Å². The molecule has 2 amide bonds. The summed E-state index contributed by atoms with van der Waals surface area (Å²) in [5.74, 6) is 0.380. The number of rotatable bonds is 4. The molecule has 25 heavy (non-hydrogen) atoms. The van der Waals surface area contributed by atoms with Gasteiger partial charge in [0.05, 0.1) is 7.11 Å².